The summed E-state index contributed by atoms with van der Waals surface area (Å²) in [6, 6.07) is 18.2. The minimum Gasteiger partial charge on any atom is -0.503 e. The molecule has 1 atom stereocenters. The van der Waals surface area contributed by atoms with Crippen LogP contribution >= 0.6 is 11.3 Å². The summed E-state index contributed by atoms with van der Waals surface area (Å²) >= 11 is 1.30. The number of ketones is 1. The Bertz CT molecular complexity index is 1120. The maximum atomic E-state index is 13.2. The molecule has 158 valence electrons. The van der Waals surface area contributed by atoms with E-state index in [1.807, 2.05) is 60.8 Å². The van der Waals surface area contributed by atoms with Gasteiger partial charge in [-0.05, 0) is 48.1 Å². The second-order valence-electron chi connectivity index (χ2n) is 7.48. The number of hydrogen-bond acceptors (Lipinski definition) is 5. The molecule has 0 saturated heterocycles. The summed E-state index contributed by atoms with van der Waals surface area (Å²) in [6.07, 6.45) is 0.589. The molecule has 0 fully saturated rings. The highest BCUT2D eigenvalue weighted by Crippen LogP contribution is 2.39. The van der Waals surface area contributed by atoms with Gasteiger partial charge in [0.05, 0.1) is 23.6 Å². The van der Waals surface area contributed by atoms with Gasteiger partial charge in [0.1, 0.15) is 5.75 Å². The first-order chi connectivity index (χ1) is 15.0. The molecule has 0 bridgehead atoms. The molecule has 1 N–H and O–H groups in total. The van der Waals surface area contributed by atoms with E-state index in [0.717, 1.165) is 22.4 Å². The molecule has 0 spiro atoms. The molecule has 6 heteroatoms. The first-order valence-electron chi connectivity index (χ1n) is 10.0. The van der Waals surface area contributed by atoms with Crippen molar-refractivity contribution in [2.75, 3.05) is 13.7 Å². The second kappa shape index (κ2) is 8.78. The van der Waals surface area contributed by atoms with Crippen LogP contribution in [0.25, 0.3) is 0 Å². The van der Waals surface area contributed by atoms with Gasteiger partial charge in [0, 0.05) is 6.54 Å². The van der Waals surface area contributed by atoms with Crippen molar-refractivity contribution >= 4 is 23.0 Å². The molecular formula is C25H23NO4S. The normalized spacial score (nSPS) is 16.1. The molecule has 4 rings (SSSR count). The lowest BCUT2D eigenvalue weighted by atomic mass is 9.94. The number of carbonyl (C=O) groups is 2. The highest BCUT2D eigenvalue weighted by atomic mass is 32.1. The zero-order chi connectivity index (χ0) is 22.0. The quantitative estimate of drug-likeness (QED) is 0.539. The van der Waals surface area contributed by atoms with E-state index in [4.69, 9.17) is 4.74 Å². The minimum atomic E-state index is -0.624. The zero-order valence-corrected chi connectivity index (χ0v) is 18.2. The summed E-state index contributed by atoms with van der Waals surface area (Å²) in [5, 5.41) is 12.5. The van der Waals surface area contributed by atoms with Gasteiger partial charge >= 0.3 is 0 Å². The van der Waals surface area contributed by atoms with E-state index in [1.54, 1.807) is 24.1 Å². The van der Waals surface area contributed by atoms with Crippen LogP contribution in [0.1, 0.15) is 32.4 Å². The van der Waals surface area contributed by atoms with E-state index in [2.05, 4.69) is 0 Å². The van der Waals surface area contributed by atoms with Crippen LogP contribution in [0.3, 0.4) is 0 Å². The lowest BCUT2D eigenvalue weighted by molar-refractivity contribution is -0.129. The molecule has 5 nitrogen and oxygen atoms in total. The number of thiophene rings is 1. The number of nitrogens with zero attached hydrogens (tertiary/aromatic N) is 1. The summed E-state index contributed by atoms with van der Waals surface area (Å²) in [6.45, 7) is 2.35. The largest absolute Gasteiger partial charge is 0.503 e. The van der Waals surface area contributed by atoms with E-state index in [9.17, 15) is 14.7 Å². The van der Waals surface area contributed by atoms with Crippen molar-refractivity contribution in [1.29, 1.82) is 0 Å². The smallest absolute Gasteiger partial charge is 0.290 e. The third-order valence-electron chi connectivity index (χ3n) is 5.49. The average Bonchev–Trinajstić information content (AvgIpc) is 3.41. The maximum Gasteiger partial charge on any atom is 0.290 e. The van der Waals surface area contributed by atoms with Gasteiger partial charge in [-0.3, -0.25) is 9.59 Å². The van der Waals surface area contributed by atoms with Crippen molar-refractivity contribution in [3.63, 3.8) is 0 Å². The van der Waals surface area contributed by atoms with E-state index >= 15 is 0 Å². The Balaban J connectivity index is 1.67. The van der Waals surface area contributed by atoms with Crippen LogP contribution < -0.4 is 4.74 Å². The minimum absolute atomic E-state index is 0.144. The van der Waals surface area contributed by atoms with Crippen LogP contribution in [0.4, 0.5) is 0 Å². The topological polar surface area (TPSA) is 66.8 Å². The van der Waals surface area contributed by atoms with Crippen LogP contribution in [0.5, 0.6) is 5.75 Å². The molecule has 0 radical (unpaired) electrons. The summed E-state index contributed by atoms with van der Waals surface area (Å²) in [4.78, 5) is 28.3. The predicted molar refractivity (Wildman–Crippen MR) is 121 cm³/mol. The number of aryl methyl sites for hydroxylation is 1. The third-order valence-corrected chi connectivity index (χ3v) is 6.36. The van der Waals surface area contributed by atoms with Gasteiger partial charge in [0.25, 0.3) is 5.91 Å². The number of methoxy groups -OCH3 is 1. The van der Waals surface area contributed by atoms with Gasteiger partial charge in [0.15, 0.2) is 5.76 Å². The lowest BCUT2D eigenvalue weighted by Gasteiger charge is -2.27. The molecule has 2 aromatic carbocycles. The standard InChI is InChI=1S/C25H23NO4S/c1-16-5-9-18(10-6-16)22-21(23(27)20-4-3-15-31-20)24(28)25(29)26(22)14-13-17-7-11-19(30-2)12-8-17/h3-12,15,22,28H,13-14H2,1-2H3/t22-/m1/s1. The zero-order valence-electron chi connectivity index (χ0n) is 17.4. The second-order valence-corrected chi connectivity index (χ2v) is 8.43. The van der Waals surface area contributed by atoms with Crippen molar-refractivity contribution in [2.24, 2.45) is 0 Å². The number of benzene rings is 2. The van der Waals surface area contributed by atoms with Crippen LogP contribution in [-0.2, 0) is 11.2 Å². The molecule has 0 unspecified atom stereocenters. The van der Waals surface area contributed by atoms with Crippen molar-refractivity contribution in [2.45, 2.75) is 19.4 Å². The number of carbonyl (C=O) groups excluding carboxylic acids is 2. The van der Waals surface area contributed by atoms with E-state index in [1.165, 1.54) is 11.3 Å². The Morgan fingerprint density at radius 1 is 1.10 bits per heavy atom. The first-order valence-corrected chi connectivity index (χ1v) is 10.9. The number of aliphatic hydroxyl groups is 1. The van der Waals surface area contributed by atoms with Crippen molar-refractivity contribution in [3.8, 4) is 5.75 Å². The van der Waals surface area contributed by atoms with Crippen LogP contribution in [0.15, 0.2) is 77.4 Å². The van der Waals surface area contributed by atoms with Gasteiger partial charge in [-0.25, -0.2) is 0 Å². The molecule has 0 aliphatic carbocycles. The fourth-order valence-electron chi connectivity index (χ4n) is 3.79. The maximum absolute atomic E-state index is 13.2. The monoisotopic (exact) mass is 433 g/mol. The highest BCUT2D eigenvalue weighted by molar-refractivity contribution is 7.12. The number of amides is 1. The highest BCUT2D eigenvalue weighted by Gasteiger charge is 2.43. The van der Waals surface area contributed by atoms with Gasteiger partial charge in [-0.15, -0.1) is 11.3 Å². The molecule has 0 saturated carbocycles. The number of ether oxygens (including phenoxy) is 1. The van der Waals surface area contributed by atoms with Crippen LogP contribution in [-0.4, -0.2) is 35.4 Å². The van der Waals surface area contributed by atoms with Crippen LogP contribution in [0.2, 0.25) is 0 Å². The number of aliphatic hydroxyl groups excluding tert-OH is 1. The number of Topliss-reactive ketones (excluding diaryl/α,β-unsaturated/α-hetero) is 1. The van der Waals surface area contributed by atoms with E-state index < -0.39 is 17.7 Å². The van der Waals surface area contributed by atoms with Crippen molar-refractivity contribution in [1.82, 2.24) is 4.90 Å². The van der Waals surface area contributed by atoms with Crippen LogP contribution in [0, 0.1) is 6.92 Å². The SMILES string of the molecule is COc1ccc(CCN2C(=O)C(O)=C(C(=O)c3cccs3)[C@H]2c2ccc(C)cc2)cc1. The molecule has 2 heterocycles. The molecule has 3 aromatic rings. The van der Waals surface area contributed by atoms with Crippen molar-refractivity contribution in [3.05, 3.63) is 98.9 Å². The number of rotatable bonds is 7. The fraction of sp³-hybridized carbons (Fsp3) is 0.200. The summed E-state index contributed by atoms with van der Waals surface area (Å²) in [5.41, 5.74) is 3.06. The predicted octanol–water partition coefficient (Wildman–Crippen LogP) is 4.89. The first kappa shape index (κ1) is 20.9. The van der Waals surface area contributed by atoms with E-state index in [-0.39, 0.29) is 11.4 Å². The fourth-order valence-corrected chi connectivity index (χ4v) is 4.47. The Kier molecular flexibility index (Phi) is 5.91. The molecule has 31 heavy (non-hydrogen) atoms. The molecule has 1 aliphatic heterocycles. The number of hydrogen-bond donors (Lipinski definition) is 1. The molecule has 1 aliphatic rings. The molecular weight excluding hydrogens is 410 g/mol. The molecule has 1 aromatic heterocycles. The average molecular weight is 434 g/mol. The Morgan fingerprint density at radius 2 is 1.81 bits per heavy atom. The van der Waals surface area contributed by atoms with Gasteiger partial charge < -0.3 is 14.7 Å². The van der Waals surface area contributed by atoms with Gasteiger partial charge in [0.2, 0.25) is 5.78 Å². The Morgan fingerprint density at radius 3 is 2.42 bits per heavy atom. The summed E-state index contributed by atoms with van der Waals surface area (Å²) in [5.74, 6) is -0.516. The van der Waals surface area contributed by atoms with E-state index in [0.29, 0.717) is 17.8 Å². The van der Waals surface area contributed by atoms with Gasteiger partial charge in [-0.1, -0.05) is 48.0 Å². The summed E-state index contributed by atoms with van der Waals surface area (Å²) in [7, 11) is 1.62. The summed E-state index contributed by atoms with van der Waals surface area (Å²) < 4.78 is 5.20. The Hall–Kier alpha value is -3.38. The molecule has 1 amide bonds. The lowest BCUT2D eigenvalue weighted by Crippen LogP contribution is -2.33. The van der Waals surface area contributed by atoms with Crippen molar-refractivity contribution < 1.29 is 19.4 Å². The third kappa shape index (κ3) is 4.11. The Labute approximate surface area is 185 Å². The van der Waals surface area contributed by atoms with Gasteiger partial charge in [-0.2, -0.15) is 0 Å².